The Morgan fingerprint density at radius 1 is 1.24 bits per heavy atom. The van der Waals surface area contributed by atoms with Gasteiger partial charge in [0.15, 0.2) is 0 Å². The van der Waals surface area contributed by atoms with Crippen molar-refractivity contribution in [3.63, 3.8) is 0 Å². The smallest absolute Gasteiger partial charge is 0.115 e. The Balaban J connectivity index is 1.65. The molecule has 0 aliphatic carbocycles. The molecule has 1 unspecified atom stereocenters. The van der Waals surface area contributed by atoms with Crippen molar-refractivity contribution in [2.24, 2.45) is 0 Å². The topological polar surface area (TPSA) is 35.5 Å². The summed E-state index contributed by atoms with van der Waals surface area (Å²) < 4.78 is 0. The first-order chi connectivity index (χ1) is 8.31. The summed E-state index contributed by atoms with van der Waals surface area (Å²) in [5, 5.41) is 13.0. The maximum atomic E-state index is 9.45. The monoisotopic (exact) mass is 232 g/mol. The number of likely N-dealkylation sites (tertiary alicyclic amines) is 1. The van der Waals surface area contributed by atoms with Crippen LogP contribution in [0.4, 0.5) is 0 Å². The van der Waals surface area contributed by atoms with Gasteiger partial charge in [-0.15, -0.1) is 0 Å². The molecule has 0 amide bonds. The van der Waals surface area contributed by atoms with Crippen LogP contribution >= 0.6 is 0 Å². The van der Waals surface area contributed by atoms with Crippen LogP contribution in [0.2, 0.25) is 0 Å². The van der Waals surface area contributed by atoms with E-state index in [4.69, 9.17) is 0 Å². The van der Waals surface area contributed by atoms with Crippen LogP contribution in [0.5, 0.6) is 5.75 Å². The van der Waals surface area contributed by atoms with Crippen molar-refractivity contribution in [3.05, 3.63) is 29.3 Å². The fourth-order valence-electron chi connectivity index (χ4n) is 2.97. The zero-order valence-corrected chi connectivity index (χ0v) is 10.2. The van der Waals surface area contributed by atoms with Gasteiger partial charge in [0.05, 0.1) is 0 Å². The van der Waals surface area contributed by atoms with E-state index in [0.717, 1.165) is 13.0 Å². The average molecular weight is 232 g/mol. The summed E-state index contributed by atoms with van der Waals surface area (Å²) in [5.74, 6) is 0.378. The van der Waals surface area contributed by atoms with Crippen LogP contribution in [0.15, 0.2) is 18.2 Å². The number of phenols is 1. The van der Waals surface area contributed by atoms with Gasteiger partial charge in [-0.05, 0) is 55.6 Å². The van der Waals surface area contributed by atoms with Gasteiger partial charge in [0.1, 0.15) is 5.75 Å². The summed E-state index contributed by atoms with van der Waals surface area (Å²) in [5.41, 5.74) is 2.65. The summed E-state index contributed by atoms with van der Waals surface area (Å²) in [4.78, 5) is 2.56. The quantitative estimate of drug-likeness (QED) is 0.811. The van der Waals surface area contributed by atoms with Crippen molar-refractivity contribution < 1.29 is 5.11 Å². The lowest BCUT2D eigenvalue weighted by Gasteiger charge is -2.29. The highest BCUT2D eigenvalue weighted by Gasteiger charge is 2.21. The Morgan fingerprint density at radius 3 is 2.88 bits per heavy atom. The van der Waals surface area contributed by atoms with E-state index < -0.39 is 0 Å². The van der Waals surface area contributed by atoms with E-state index in [2.05, 4.69) is 16.3 Å². The number of benzene rings is 1. The van der Waals surface area contributed by atoms with Gasteiger partial charge in [0, 0.05) is 19.1 Å². The Kier molecular flexibility index (Phi) is 3.04. The zero-order valence-electron chi connectivity index (χ0n) is 10.2. The van der Waals surface area contributed by atoms with Gasteiger partial charge >= 0.3 is 0 Å². The van der Waals surface area contributed by atoms with Crippen molar-refractivity contribution in [2.75, 3.05) is 19.6 Å². The molecule has 0 bridgehead atoms. The molecule has 1 saturated heterocycles. The summed E-state index contributed by atoms with van der Waals surface area (Å²) in [6, 6.07) is 6.33. The molecule has 1 aromatic rings. The van der Waals surface area contributed by atoms with Gasteiger partial charge in [0.2, 0.25) is 0 Å². The Bertz CT molecular complexity index is 399. The molecule has 3 rings (SSSR count). The van der Waals surface area contributed by atoms with E-state index in [1.165, 1.54) is 43.6 Å². The Labute approximate surface area is 102 Å². The number of nitrogens with zero attached hydrogens (tertiary/aromatic N) is 1. The van der Waals surface area contributed by atoms with E-state index in [0.29, 0.717) is 11.8 Å². The highest BCUT2D eigenvalue weighted by atomic mass is 16.3. The molecule has 1 atom stereocenters. The first-order valence-corrected chi connectivity index (χ1v) is 6.58. The van der Waals surface area contributed by atoms with E-state index >= 15 is 0 Å². The summed E-state index contributed by atoms with van der Waals surface area (Å²) in [7, 11) is 0. The molecule has 1 aromatic carbocycles. The number of hydrogen-bond acceptors (Lipinski definition) is 3. The van der Waals surface area contributed by atoms with Gasteiger partial charge in [-0.1, -0.05) is 6.07 Å². The van der Waals surface area contributed by atoms with Crippen LogP contribution in [-0.4, -0.2) is 35.7 Å². The molecule has 92 valence electrons. The highest BCUT2D eigenvalue weighted by molar-refractivity contribution is 5.36. The molecule has 0 saturated carbocycles. The van der Waals surface area contributed by atoms with Gasteiger partial charge in [-0.25, -0.2) is 0 Å². The number of aromatic hydroxyl groups is 1. The summed E-state index contributed by atoms with van der Waals surface area (Å²) in [6.45, 7) is 4.59. The fraction of sp³-hybridized carbons (Fsp3) is 0.571. The van der Waals surface area contributed by atoms with Gasteiger partial charge in [0.25, 0.3) is 0 Å². The number of nitrogens with one attached hydrogen (secondary N) is 1. The van der Waals surface area contributed by atoms with Gasteiger partial charge in [-0.3, -0.25) is 0 Å². The predicted molar refractivity (Wildman–Crippen MR) is 68.1 cm³/mol. The molecule has 2 heterocycles. The largest absolute Gasteiger partial charge is 0.508 e. The van der Waals surface area contributed by atoms with E-state index in [1.807, 2.05) is 6.07 Å². The van der Waals surface area contributed by atoms with E-state index in [1.54, 1.807) is 6.07 Å². The maximum Gasteiger partial charge on any atom is 0.115 e. The zero-order chi connectivity index (χ0) is 11.7. The second kappa shape index (κ2) is 4.67. The lowest BCUT2D eigenvalue weighted by Crippen LogP contribution is -2.43. The predicted octanol–water partition coefficient (Wildman–Crippen LogP) is 1.50. The molecular weight excluding hydrogens is 212 g/mol. The molecule has 0 aromatic heterocycles. The first-order valence-electron chi connectivity index (χ1n) is 6.58. The van der Waals surface area contributed by atoms with E-state index in [-0.39, 0.29) is 0 Å². The van der Waals surface area contributed by atoms with Gasteiger partial charge < -0.3 is 15.3 Å². The third-order valence-corrected chi connectivity index (χ3v) is 3.91. The Morgan fingerprint density at radius 2 is 2.06 bits per heavy atom. The lowest BCUT2D eigenvalue weighted by molar-refractivity contribution is 0.282. The second-order valence-electron chi connectivity index (χ2n) is 5.24. The van der Waals surface area contributed by atoms with Crippen LogP contribution < -0.4 is 5.32 Å². The van der Waals surface area contributed by atoms with Crippen molar-refractivity contribution in [3.8, 4) is 5.75 Å². The Hall–Kier alpha value is -1.06. The van der Waals surface area contributed by atoms with Crippen molar-refractivity contribution >= 4 is 0 Å². The van der Waals surface area contributed by atoms with Crippen LogP contribution in [0.25, 0.3) is 0 Å². The molecule has 3 nitrogen and oxygen atoms in total. The lowest BCUT2D eigenvalue weighted by atomic mass is 9.95. The molecule has 2 N–H and O–H groups in total. The minimum Gasteiger partial charge on any atom is -0.508 e. The molecule has 0 radical (unpaired) electrons. The molecule has 0 spiro atoms. The number of rotatable bonds is 2. The number of hydrogen-bond donors (Lipinski definition) is 2. The van der Waals surface area contributed by atoms with E-state index in [9.17, 15) is 5.11 Å². The molecule has 1 fully saturated rings. The van der Waals surface area contributed by atoms with Crippen molar-refractivity contribution in [1.29, 1.82) is 0 Å². The normalized spacial score (nSPS) is 24.8. The minimum atomic E-state index is 0.378. The molecule has 17 heavy (non-hydrogen) atoms. The molecule has 2 aliphatic heterocycles. The molecule has 2 aliphatic rings. The van der Waals surface area contributed by atoms with Crippen LogP contribution in [0, 0.1) is 0 Å². The molecule has 3 heteroatoms. The summed E-state index contributed by atoms with van der Waals surface area (Å²) >= 11 is 0. The maximum absolute atomic E-state index is 9.45. The average Bonchev–Trinajstić information content (AvgIpc) is 2.82. The molecular formula is C14H20N2O. The third kappa shape index (κ3) is 2.45. The minimum absolute atomic E-state index is 0.378. The number of phenolic OH excluding ortho intramolecular Hbond substituents is 1. The summed E-state index contributed by atoms with van der Waals surface area (Å²) in [6.07, 6.45) is 3.81. The van der Waals surface area contributed by atoms with Crippen LogP contribution in [-0.2, 0) is 13.0 Å². The highest BCUT2D eigenvalue weighted by Crippen LogP contribution is 2.22. The second-order valence-corrected chi connectivity index (χ2v) is 5.24. The van der Waals surface area contributed by atoms with Gasteiger partial charge in [-0.2, -0.15) is 0 Å². The van der Waals surface area contributed by atoms with Crippen molar-refractivity contribution in [1.82, 2.24) is 10.2 Å². The third-order valence-electron chi connectivity index (χ3n) is 3.91. The first kappa shape index (κ1) is 11.1. The fourth-order valence-corrected chi connectivity index (χ4v) is 2.97. The SMILES string of the molecule is Oc1ccc2c(c1)CNC(CN1CCCC1)C2. The standard InChI is InChI=1S/C14H20N2O/c17-14-4-3-11-7-13(15-9-12(11)8-14)10-16-5-1-2-6-16/h3-4,8,13,15,17H,1-2,5-7,9-10H2. The van der Waals surface area contributed by atoms with Crippen LogP contribution in [0.1, 0.15) is 24.0 Å². The van der Waals surface area contributed by atoms with Crippen molar-refractivity contribution in [2.45, 2.75) is 31.8 Å². The van der Waals surface area contributed by atoms with Crippen LogP contribution in [0.3, 0.4) is 0 Å². The number of fused-ring (bicyclic) bond motifs is 1.